The molecule has 3 aromatic rings. The minimum atomic E-state index is -0.0372. The highest BCUT2D eigenvalue weighted by Crippen LogP contribution is 2.29. The molecule has 2 atom stereocenters. The van der Waals surface area contributed by atoms with Crippen LogP contribution >= 0.6 is 0 Å². The van der Waals surface area contributed by atoms with Gasteiger partial charge in [-0.3, -0.25) is 4.79 Å². The number of likely N-dealkylation sites (tertiary alicyclic amines) is 1. The Morgan fingerprint density at radius 1 is 1.19 bits per heavy atom. The van der Waals surface area contributed by atoms with Gasteiger partial charge in [-0.15, -0.1) is 0 Å². The van der Waals surface area contributed by atoms with Gasteiger partial charge >= 0.3 is 0 Å². The Labute approximate surface area is 214 Å². The molecule has 1 N–H and O–H groups in total. The van der Waals surface area contributed by atoms with Crippen molar-refractivity contribution in [2.75, 3.05) is 25.5 Å². The summed E-state index contributed by atoms with van der Waals surface area (Å²) in [5, 5.41) is 12.5. The van der Waals surface area contributed by atoms with Crippen molar-refractivity contribution >= 4 is 11.9 Å². The SMILES string of the molecule is CCC1CCC(C)N(C(=O)c2cnc(NCCc3ccc(OC)cc3)nc2-c2ccc(C#N)cc2)C1.[HH]. The summed E-state index contributed by atoms with van der Waals surface area (Å²) in [7, 11) is 1.65. The van der Waals surface area contributed by atoms with E-state index in [0.29, 0.717) is 35.2 Å². The second kappa shape index (κ2) is 11.7. The number of aromatic nitrogens is 2. The minimum absolute atomic E-state index is 0. The quantitative estimate of drug-likeness (QED) is 0.448. The third-order valence-electron chi connectivity index (χ3n) is 6.98. The molecule has 7 nitrogen and oxygen atoms in total. The van der Waals surface area contributed by atoms with Crippen LogP contribution in [0.15, 0.2) is 54.7 Å². The highest BCUT2D eigenvalue weighted by molar-refractivity contribution is 6.00. The number of rotatable bonds is 8. The van der Waals surface area contributed by atoms with Crippen molar-refractivity contribution in [3.05, 3.63) is 71.4 Å². The van der Waals surface area contributed by atoms with Crippen LogP contribution in [0.25, 0.3) is 11.3 Å². The largest absolute Gasteiger partial charge is 0.497 e. The Morgan fingerprint density at radius 3 is 2.61 bits per heavy atom. The van der Waals surface area contributed by atoms with Crippen molar-refractivity contribution in [1.82, 2.24) is 14.9 Å². The van der Waals surface area contributed by atoms with E-state index in [4.69, 9.17) is 9.72 Å². The van der Waals surface area contributed by atoms with E-state index < -0.39 is 0 Å². The van der Waals surface area contributed by atoms with Crippen molar-refractivity contribution in [3.8, 4) is 23.1 Å². The van der Waals surface area contributed by atoms with Gasteiger partial charge < -0.3 is 15.0 Å². The molecule has 1 saturated heterocycles. The van der Waals surface area contributed by atoms with E-state index in [2.05, 4.69) is 30.2 Å². The summed E-state index contributed by atoms with van der Waals surface area (Å²) in [6, 6.07) is 17.5. The maximum atomic E-state index is 13.7. The number of nitrogens with one attached hydrogen (secondary N) is 1. The van der Waals surface area contributed by atoms with Gasteiger partial charge in [0, 0.05) is 32.3 Å². The zero-order valence-electron chi connectivity index (χ0n) is 21.2. The zero-order chi connectivity index (χ0) is 25.5. The lowest BCUT2D eigenvalue weighted by Gasteiger charge is -2.38. The smallest absolute Gasteiger partial charge is 0.257 e. The van der Waals surface area contributed by atoms with Gasteiger partial charge in [-0.25, -0.2) is 9.97 Å². The lowest BCUT2D eigenvalue weighted by atomic mass is 9.91. The van der Waals surface area contributed by atoms with Crippen LogP contribution < -0.4 is 10.1 Å². The van der Waals surface area contributed by atoms with Crippen LogP contribution in [0.2, 0.25) is 0 Å². The summed E-state index contributed by atoms with van der Waals surface area (Å²) in [4.78, 5) is 24.9. The number of hydrogen-bond acceptors (Lipinski definition) is 6. The van der Waals surface area contributed by atoms with E-state index in [9.17, 15) is 10.1 Å². The van der Waals surface area contributed by atoms with Crippen molar-refractivity contribution < 1.29 is 11.0 Å². The van der Waals surface area contributed by atoms with Gasteiger partial charge in [0.05, 0.1) is 30.0 Å². The molecule has 188 valence electrons. The number of nitriles is 1. The predicted molar refractivity (Wildman–Crippen MR) is 143 cm³/mol. The van der Waals surface area contributed by atoms with Gasteiger partial charge in [0.15, 0.2) is 0 Å². The summed E-state index contributed by atoms with van der Waals surface area (Å²) < 4.78 is 5.22. The monoisotopic (exact) mass is 485 g/mol. The number of amides is 1. The second-order valence-corrected chi connectivity index (χ2v) is 9.33. The first-order chi connectivity index (χ1) is 17.5. The molecule has 0 aliphatic carbocycles. The molecule has 1 aromatic heterocycles. The molecular weight excluding hydrogens is 450 g/mol. The molecule has 4 rings (SSSR count). The Balaban J connectivity index is 0.00000380. The first-order valence-electron chi connectivity index (χ1n) is 12.6. The number of benzene rings is 2. The molecule has 1 aliphatic rings. The Kier molecular flexibility index (Phi) is 8.17. The van der Waals surface area contributed by atoms with E-state index in [0.717, 1.165) is 43.5 Å². The maximum absolute atomic E-state index is 13.7. The number of hydrogen-bond donors (Lipinski definition) is 1. The maximum Gasteiger partial charge on any atom is 0.257 e. The van der Waals surface area contributed by atoms with Crippen molar-refractivity contribution in [2.24, 2.45) is 5.92 Å². The molecule has 2 aromatic carbocycles. The molecule has 1 fully saturated rings. The molecule has 1 aliphatic heterocycles. The molecule has 0 spiro atoms. The molecule has 0 bridgehead atoms. The zero-order valence-corrected chi connectivity index (χ0v) is 21.2. The molecule has 1 amide bonds. The second-order valence-electron chi connectivity index (χ2n) is 9.33. The number of ether oxygens (including phenoxy) is 1. The molecule has 2 unspecified atom stereocenters. The summed E-state index contributed by atoms with van der Waals surface area (Å²) in [6.45, 7) is 5.70. The van der Waals surface area contributed by atoms with Crippen molar-refractivity contribution in [3.63, 3.8) is 0 Å². The predicted octanol–water partition coefficient (Wildman–Crippen LogP) is 5.58. The molecule has 36 heavy (non-hydrogen) atoms. The number of methoxy groups -OCH3 is 1. The molecule has 2 heterocycles. The lowest BCUT2D eigenvalue weighted by molar-refractivity contribution is 0.0556. The minimum Gasteiger partial charge on any atom is -0.497 e. The molecule has 0 radical (unpaired) electrons. The van der Waals surface area contributed by atoms with Gasteiger partial charge in [-0.1, -0.05) is 37.6 Å². The normalized spacial score (nSPS) is 17.3. The number of carbonyl (C=O) groups excluding carboxylic acids is 1. The highest BCUT2D eigenvalue weighted by Gasteiger charge is 2.31. The van der Waals surface area contributed by atoms with Crippen LogP contribution in [-0.4, -0.2) is 47.0 Å². The summed E-state index contributed by atoms with van der Waals surface area (Å²) in [5.74, 6) is 1.78. The first-order valence-corrected chi connectivity index (χ1v) is 12.6. The van der Waals surface area contributed by atoms with Crippen molar-refractivity contribution in [2.45, 2.75) is 45.6 Å². The first kappa shape index (κ1) is 25.2. The van der Waals surface area contributed by atoms with Crippen molar-refractivity contribution in [1.29, 1.82) is 5.26 Å². The average molecular weight is 486 g/mol. The highest BCUT2D eigenvalue weighted by atomic mass is 16.5. The van der Waals surface area contributed by atoms with E-state index in [-0.39, 0.29) is 13.4 Å². The third kappa shape index (κ3) is 5.83. The Morgan fingerprint density at radius 2 is 1.94 bits per heavy atom. The van der Waals surface area contributed by atoms with Crippen LogP contribution in [-0.2, 0) is 6.42 Å². The van der Waals surface area contributed by atoms with Gasteiger partial charge in [-0.05, 0) is 61.9 Å². The van der Waals surface area contributed by atoms with E-state index in [1.165, 1.54) is 5.56 Å². The molecule has 0 saturated carbocycles. The lowest BCUT2D eigenvalue weighted by Crippen LogP contribution is -2.45. The van der Waals surface area contributed by atoms with Gasteiger partial charge in [-0.2, -0.15) is 5.26 Å². The van der Waals surface area contributed by atoms with Crippen LogP contribution in [0, 0.1) is 17.2 Å². The average Bonchev–Trinajstić information content (AvgIpc) is 2.93. The summed E-state index contributed by atoms with van der Waals surface area (Å²) >= 11 is 0. The van der Waals surface area contributed by atoms with E-state index in [1.807, 2.05) is 41.3 Å². The number of carbonyl (C=O) groups is 1. The van der Waals surface area contributed by atoms with Gasteiger partial charge in [0.2, 0.25) is 5.95 Å². The number of piperidine rings is 1. The summed E-state index contributed by atoms with van der Waals surface area (Å²) in [5.41, 5.74) is 3.59. The fourth-order valence-electron chi connectivity index (χ4n) is 4.61. The number of anilines is 1. The van der Waals surface area contributed by atoms with Gasteiger partial charge in [0.1, 0.15) is 5.75 Å². The fraction of sp³-hybridized carbons (Fsp3) is 0.379. The number of nitrogens with zero attached hydrogens (tertiary/aromatic N) is 4. The van der Waals surface area contributed by atoms with Gasteiger partial charge in [0.25, 0.3) is 5.91 Å². The summed E-state index contributed by atoms with van der Waals surface area (Å²) in [6.07, 6.45) is 5.65. The van der Waals surface area contributed by atoms with Crippen LogP contribution in [0.5, 0.6) is 5.75 Å². The standard InChI is InChI=1S/C29H33N5O2.H2/c1-4-21-6-5-20(2)34(19-21)28(35)26-18-32-29(31-16-15-22-9-13-25(36-3)14-10-22)33-27(26)24-11-7-23(17-30)8-12-24;/h7-14,18,20-21H,4-6,15-16,19H2,1-3H3,(H,31,32,33);1H. The van der Waals surface area contributed by atoms with Crippen LogP contribution in [0.3, 0.4) is 0 Å². The fourth-order valence-corrected chi connectivity index (χ4v) is 4.61. The van der Waals surface area contributed by atoms with E-state index >= 15 is 0 Å². The Hall–Kier alpha value is -3.92. The van der Waals surface area contributed by atoms with Crippen LogP contribution in [0.4, 0.5) is 5.95 Å². The van der Waals surface area contributed by atoms with E-state index in [1.54, 1.807) is 25.4 Å². The topological polar surface area (TPSA) is 91.1 Å². The third-order valence-corrected chi connectivity index (χ3v) is 6.98. The molecular formula is C29H35N5O2. The Bertz CT molecular complexity index is 1220. The van der Waals surface area contributed by atoms with Crippen LogP contribution in [0.1, 0.15) is 56.0 Å². The molecule has 7 heteroatoms.